The topological polar surface area (TPSA) is 92.3 Å². The van der Waals surface area contributed by atoms with Gasteiger partial charge in [0.05, 0.1) is 21.2 Å². The molecule has 0 aromatic heterocycles. The molecule has 0 radical (unpaired) electrons. The Morgan fingerprint density at radius 3 is 1.27 bits per heavy atom. The number of benzene rings is 3. The normalized spacial score (nSPS) is 13.5. The Bertz CT molecular complexity index is 1200. The van der Waals surface area contributed by atoms with E-state index in [0.29, 0.717) is 24.2 Å². The van der Waals surface area contributed by atoms with Crippen LogP contribution < -0.4 is 9.44 Å². The molecule has 0 spiro atoms. The van der Waals surface area contributed by atoms with Crippen molar-refractivity contribution in [2.75, 3.05) is 9.44 Å². The molecule has 0 fully saturated rings. The third kappa shape index (κ3) is 4.10. The number of rotatable bonds is 6. The van der Waals surface area contributed by atoms with Crippen LogP contribution in [0.5, 0.6) is 0 Å². The van der Waals surface area contributed by atoms with Gasteiger partial charge >= 0.3 is 0 Å². The van der Waals surface area contributed by atoms with Gasteiger partial charge in [-0.3, -0.25) is 9.44 Å². The van der Waals surface area contributed by atoms with Crippen molar-refractivity contribution in [2.24, 2.45) is 0 Å². The number of anilines is 2. The third-order valence-electron chi connectivity index (χ3n) is 4.84. The summed E-state index contributed by atoms with van der Waals surface area (Å²) in [4.78, 5) is 0.331. The van der Waals surface area contributed by atoms with Crippen LogP contribution in [0.1, 0.15) is 11.1 Å². The van der Waals surface area contributed by atoms with E-state index in [-0.39, 0.29) is 9.79 Å². The van der Waals surface area contributed by atoms with Gasteiger partial charge in [0, 0.05) is 0 Å². The Morgan fingerprint density at radius 2 is 0.900 bits per heavy atom. The second-order valence-corrected chi connectivity index (χ2v) is 10.2. The predicted molar refractivity (Wildman–Crippen MR) is 117 cm³/mol. The smallest absolute Gasteiger partial charge is 0.261 e. The highest BCUT2D eigenvalue weighted by Gasteiger charge is 2.22. The van der Waals surface area contributed by atoms with Crippen LogP contribution in [0.15, 0.2) is 94.7 Å². The van der Waals surface area contributed by atoms with Gasteiger partial charge < -0.3 is 0 Å². The van der Waals surface area contributed by atoms with Gasteiger partial charge in [-0.05, 0) is 60.4 Å². The standard InChI is InChI=1S/C22H20N2O4S2/c25-29(26,17-9-3-1-4-10-17)23-21-15-16-22(20-14-8-7-13-19(20)21)24-30(27,28)18-11-5-2-6-12-18/h1-12,15-16,23-24H,13-14H2. The zero-order valence-corrected chi connectivity index (χ0v) is 17.6. The molecule has 1 aliphatic rings. The maximum absolute atomic E-state index is 12.7. The predicted octanol–water partition coefficient (Wildman–Crippen LogP) is 3.94. The van der Waals surface area contributed by atoms with Gasteiger partial charge in [0.15, 0.2) is 0 Å². The van der Waals surface area contributed by atoms with Gasteiger partial charge in [-0.1, -0.05) is 48.6 Å². The number of hydrogen-bond donors (Lipinski definition) is 2. The second-order valence-electron chi connectivity index (χ2n) is 6.83. The lowest BCUT2D eigenvalue weighted by Crippen LogP contribution is -2.18. The molecular formula is C22H20N2O4S2. The molecule has 0 saturated heterocycles. The van der Waals surface area contributed by atoms with E-state index in [2.05, 4.69) is 9.44 Å². The first kappa shape index (κ1) is 20.2. The summed E-state index contributed by atoms with van der Waals surface area (Å²) < 4.78 is 56.3. The van der Waals surface area contributed by atoms with E-state index in [4.69, 9.17) is 0 Å². The van der Waals surface area contributed by atoms with E-state index in [1.807, 2.05) is 12.2 Å². The molecule has 154 valence electrons. The molecule has 0 unspecified atom stereocenters. The Hall–Kier alpha value is -3.10. The fourth-order valence-electron chi connectivity index (χ4n) is 3.36. The van der Waals surface area contributed by atoms with Crippen LogP contribution in [0, 0.1) is 0 Å². The molecule has 3 aromatic carbocycles. The van der Waals surface area contributed by atoms with Crippen LogP contribution in [0.25, 0.3) is 0 Å². The van der Waals surface area contributed by atoms with Crippen LogP contribution in [0.3, 0.4) is 0 Å². The summed E-state index contributed by atoms with van der Waals surface area (Å²) in [5, 5.41) is 0. The fraction of sp³-hybridized carbons (Fsp3) is 0.0909. The van der Waals surface area contributed by atoms with E-state index in [0.717, 1.165) is 11.1 Å². The molecule has 0 atom stereocenters. The summed E-state index contributed by atoms with van der Waals surface area (Å²) in [5.74, 6) is 0. The second kappa shape index (κ2) is 7.97. The minimum atomic E-state index is -3.75. The monoisotopic (exact) mass is 440 g/mol. The molecule has 1 aliphatic carbocycles. The molecule has 0 heterocycles. The van der Waals surface area contributed by atoms with Crippen molar-refractivity contribution in [2.45, 2.75) is 22.6 Å². The lowest BCUT2D eigenvalue weighted by Gasteiger charge is -2.21. The highest BCUT2D eigenvalue weighted by Crippen LogP contribution is 2.33. The van der Waals surface area contributed by atoms with Crippen molar-refractivity contribution >= 4 is 31.4 Å². The summed E-state index contributed by atoms with van der Waals surface area (Å²) >= 11 is 0. The van der Waals surface area contributed by atoms with Crippen molar-refractivity contribution in [3.63, 3.8) is 0 Å². The first-order chi connectivity index (χ1) is 14.4. The SMILES string of the molecule is O=S(=O)(Nc1ccc(NS(=O)(=O)c2ccccc2)c2c1CC=CC2)c1ccccc1. The van der Waals surface area contributed by atoms with Crippen LogP contribution in [-0.4, -0.2) is 16.8 Å². The molecule has 0 aliphatic heterocycles. The van der Waals surface area contributed by atoms with E-state index >= 15 is 0 Å². The zero-order chi connectivity index (χ0) is 21.2. The summed E-state index contributed by atoms with van der Waals surface area (Å²) in [6.07, 6.45) is 4.89. The van der Waals surface area contributed by atoms with Crippen LogP contribution >= 0.6 is 0 Å². The van der Waals surface area contributed by atoms with Crippen molar-refractivity contribution in [3.8, 4) is 0 Å². The summed E-state index contributed by atoms with van der Waals surface area (Å²) in [5.41, 5.74) is 2.40. The van der Waals surface area contributed by atoms with Gasteiger partial charge in [0.1, 0.15) is 0 Å². The minimum absolute atomic E-state index is 0.166. The molecule has 2 N–H and O–H groups in total. The minimum Gasteiger partial charge on any atom is -0.279 e. The molecule has 0 amide bonds. The number of sulfonamides is 2. The summed E-state index contributed by atoms with van der Waals surface area (Å²) in [6.45, 7) is 0. The Morgan fingerprint density at radius 1 is 0.533 bits per heavy atom. The van der Waals surface area contributed by atoms with Gasteiger partial charge in [0.2, 0.25) is 0 Å². The molecule has 0 saturated carbocycles. The quantitative estimate of drug-likeness (QED) is 0.568. The molecule has 8 heteroatoms. The molecule has 0 bridgehead atoms. The fourth-order valence-corrected chi connectivity index (χ4v) is 5.59. The molecule has 3 aromatic rings. The van der Waals surface area contributed by atoms with E-state index in [1.54, 1.807) is 48.5 Å². The van der Waals surface area contributed by atoms with Gasteiger partial charge in [-0.15, -0.1) is 0 Å². The number of nitrogens with one attached hydrogen (secondary N) is 2. The van der Waals surface area contributed by atoms with Crippen molar-refractivity contribution in [1.82, 2.24) is 0 Å². The number of hydrogen-bond acceptors (Lipinski definition) is 4. The van der Waals surface area contributed by atoms with Crippen molar-refractivity contribution in [3.05, 3.63) is 96.1 Å². The average molecular weight is 441 g/mol. The Balaban J connectivity index is 1.70. The highest BCUT2D eigenvalue weighted by molar-refractivity contribution is 7.93. The van der Waals surface area contributed by atoms with E-state index in [9.17, 15) is 16.8 Å². The molecule has 6 nitrogen and oxygen atoms in total. The van der Waals surface area contributed by atoms with Crippen LogP contribution in [0.2, 0.25) is 0 Å². The van der Waals surface area contributed by atoms with Crippen LogP contribution in [-0.2, 0) is 32.9 Å². The maximum Gasteiger partial charge on any atom is 0.261 e. The molecule has 30 heavy (non-hydrogen) atoms. The maximum atomic E-state index is 12.7. The largest absolute Gasteiger partial charge is 0.279 e. The Kier molecular flexibility index (Phi) is 5.36. The van der Waals surface area contributed by atoms with Gasteiger partial charge in [-0.25, -0.2) is 16.8 Å². The molecular weight excluding hydrogens is 420 g/mol. The van der Waals surface area contributed by atoms with E-state index in [1.165, 1.54) is 24.3 Å². The first-order valence-corrected chi connectivity index (χ1v) is 12.3. The number of fused-ring (bicyclic) bond motifs is 1. The van der Waals surface area contributed by atoms with Crippen molar-refractivity contribution in [1.29, 1.82) is 0 Å². The Labute approximate surface area is 176 Å². The zero-order valence-electron chi connectivity index (χ0n) is 15.9. The highest BCUT2D eigenvalue weighted by atomic mass is 32.2. The first-order valence-electron chi connectivity index (χ1n) is 9.32. The number of allylic oxidation sites excluding steroid dienone is 2. The lowest BCUT2D eigenvalue weighted by molar-refractivity contribution is 0.599. The lowest BCUT2D eigenvalue weighted by atomic mass is 9.94. The third-order valence-corrected chi connectivity index (χ3v) is 7.60. The van der Waals surface area contributed by atoms with E-state index < -0.39 is 20.0 Å². The average Bonchev–Trinajstić information content (AvgIpc) is 2.76. The van der Waals surface area contributed by atoms with Crippen molar-refractivity contribution < 1.29 is 16.8 Å². The van der Waals surface area contributed by atoms with Gasteiger partial charge in [-0.2, -0.15) is 0 Å². The van der Waals surface area contributed by atoms with Crippen LogP contribution in [0.4, 0.5) is 11.4 Å². The summed E-state index contributed by atoms with van der Waals surface area (Å²) in [7, 11) is -7.50. The van der Waals surface area contributed by atoms with Gasteiger partial charge in [0.25, 0.3) is 20.0 Å². The molecule has 4 rings (SSSR count). The summed E-state index contributed by atoms with van der Waals surface area (Å²) in [6, 6.07) is 19.4.